The highest BCUT2D eigenvalue weighted by atomic mass is 15.3. The second-order valence-corrected chi connectivity index (χ2v) is 6.80. The number of hydrogen-bond acceptors (Lipinski definition) is 3. The van der Waals surface area contributed by atoms with Crippen molar-refractivity contribution in [2.24, 2.45) is 0 Å². The minimum atomic E-state index is 0.0926. The van der Waals surface area contributed by atoms with E-state index in [1.54, 1.807) is 0 Å². The maximum atomic E-state index is 4.76. The number of likely N-dealkylation sites (N-methyl/N-ethyl adjacent to an activating group) is 1. The lowest BCUT2D eigenvalue weighted by atomic mass is 9.89. The first-order chi connectivity index (χ1) is 9.82. The largest absolute Gasteiger partial charge is 0.312 e. The Morgan fingerprint density at radius 2 is 2.00 bits per heavy atom. The molecule has 1 heterocycles. The van der Waals surface area contributed by atoms with E-state index in [9.17, 15) is 0 Å². The minimum absolute atomic E-state index is 0.0926. The number of hydrogen-bond donors (Lipinski definition) is 1. The average molecular weight is 294 g/mol. The highest BCUT2D eigenvalue weighted by molar-refractivity contribution is 5.06. The van der Waals surface area contributed by atoms with Gasteiger partial charge in [0.1, 0.15) is 0 Å². The van der Waals surface area contributed by atoms with Gasteiger partial charge in [0, 0.05) is 30.2 Å². The minimum Gasteiger partial charge on any atom is -0.312 e. The zero-order valence-corrected chi connectivity index (χ0v) is 15.0. The molecule has 122 valence electrons. The standard InChI is InChI=1S/C17H34N4/c1-8-11-18-16(17(4,5)20(6)7)13-15-10-12-21(19-15)14(3)9-2/h10,12,14,16,18H,8-9,11,13H2,1-7H3. The molecule has 0 fully saturated rings. The van der Waals surface area contributed by atoms with Crippen molar-refractivity contribution >= 4 is 0 Å². The topological polar surface area (TPSA) is 33.1 Å². The first kappa shape index (κ1) is 18.2. The van der Waals surface area contributed by atoms with Crippen LogP contribution >= 0.6 is 0 Å². The summed E-state index contributed by atoms with van der Waals surface area (Å²) in [5.41, 5.74) is 1.27. The van der Waals surface area contributed by atoms with Gasteiger partial charge in [-0.05, 0) is 60.3 Å². The van der Waals surface area contributed by atoms with Crippen LogP contribution in [0.1, 0.15) is 59.2 Å². The number of nitrogens with zero attached hydrogens (tertiary/aromatic N) is 3. The van der Waals surface area contributed by atoms with Crippen LogP contribution in [0.4, 0.5) is 0 Å². The Balaban J connectivity index is 2.83. The van der Waals surface area contributed by atoms with Gasteiger partial charge in [0.2, 0.25) is 0 Å². The molecule has 1 aromatic heterocycles. The molecule has 0 spiro atoms. The molecule has 0 radical (unpaired) electrons. The molecule has 0 saturated heterocycles. The van der Waals surface area contributed by atoms with Gasteiger partial charge in [0.15, 0.2) is 0 Å². The Hall–Kier alpha value is -0.870. The first-order valence-corrected chi connectivity index (χ1v) is 8.27. The third-order valence-electron chi connectivity index (χ3n) is 4.77. The summed E-state index contributed by atoms with van der Waals surface area (Å²) < 4.78 is 2.09. The van der Waals surface area contributed by atoms with Crippen LogP contribution < -0.4 is 5.32 Å². The van der Waals surface area contributed by atoms with E-state index in [1.165, 1.54) is 5.69 Å². The van der Waals surface area contributed by atoms with E-state index in [0.29, 0.717) is 12.1 Å². The first-order valence-electron chi connectivity index (χ1n) is 8.27. The van der Waals surface area contributed by atoms with Crippen molar-refractivity contribution in [3.8, 4) is 0 Å². The van der Waals surface area contributed by atoms with Crippen LogP contribution in [0.2, 0.25) is 0 Å². The van der Waals surface area contributed by atoms with E-state index in [1.807, 2.05) is 0 Å². The normalized spacial score (nSPS) is 15.4. The predicted molar refractivity (Wildman–Crippen MR) is 90.8 cm³/mol. The monoisotopic (exact) mass is 294 g/mol. The average Bonchev–Trinajstić information content (AvgIpc) is 2.90. The van der Waals surface area contributed by atoms with Gasteiger partial charge in [-0.25, -0.2) is 0 Å². The molecule has 1 rings (SSSR count). The smallest absolute Gasteiger partial charge is 0.0640 e. The molecule has 0 aliphatic carbocycles. The van der Waals surface area contributed by atoms with Crippen molar-refractivity contribution in [3.63, 3.8) is 0 Å². The molecule has 1 N–H and O–H groups in total. The Morgan fingerprint density at radius 3 is 2.52 bits per heavy atom. The Morgan fingerprint density at radius 1 is 1.33 bits per heavy atom. The molecule has 0 amide bonds. The fourth-order valence-electron chi connectivity index (χ4n) is 2.33. The fraction of sp³-hybridized carbons (Fsp3) is 0.824. The van der Waals surface area contributed by atoms with Gasteiger partial charge in [-0.1, -0.05) is 13.8 Å². The molecule has 2 atom stereocenters. The van der Waals surface area contributed by atoms with Crippen LogP contribution in [0, 0.1) is 0 Å². The summed E-state index contributed by atoms with van der Waals surface area (Å²) in [5, 5.41) is 8.46. The molecule has 0 bridgehead atoms. The molecule has 0 aromatic carbocycles. The summed E-state index contributed by atoms with van der Waals surface area (Å²) in [4.78, 5) is 2.30. The van der Waals surface area contributed by atoms with Gasteiger partial charge in [0.25, 0.3) is 0 Å². The van der Waals surface area contributed by atoms with E-state index in [4.69, 9.17) is 5.10 Å². The molecule has 0 saturated carbocycles. The molecular weight excluding hydrogens is 260 g/mol. The molecule has 4 heteroatoms. The molecule has 21 heavy (non-hydrogen) atoms. The molecule has 0 aliphatic rings. The van der Waals surface area contributed by atoms with Crippen molar-refractivity contribution in [2.75, 3.05) is 20.6 Å². The molecular formula is C17H34N4. The number of nitrogens with one attached hydrogen (secondary N) is 1. The zero-order valence-electron chi connectivity index (χ0n) is 15.0. The third kappa shape index (κ3) is 4.82. The van der Waals surface area contributed by atoms with Crippen molar-refractivity contribution in [3.05, 3.63) is 18.0 Å². The van der Waals surface area contributed by atoms with Crippen LogP contribution in [-0.2, 0) is 6.42 Å². The molecule has 4 nitrogen and oxygen atoms in total. The van der Waals surface area contributed by atoms with E-state index >= 15 is 0 Å². The summed E-state index contributed by atoms with van der Waals surface area (Å²) in [5.74, 6) is 0. The SMILES string of the molecule is CCCNC(Cc1ccn(C(C)CC)n1)C(C)(C)N(C)C. The second-order valence-electron chi connectivity index (χ2n) is 6.80. The molecule has 1 aromatic rings. The summed E-state index contributed by atoms with van der Waals surface area (Å²) in [7, 11) is 4.30. The summed E-state index contributed by atoms with van der Waals surface area (Å²) in [6, 6.07) is 3.04. The van der Waals surface area contributed by atoms with Gasteiger partial charge < -0.3 is 10.2 Å². The maximum Gasteiger partial charge on any atom is 0.0640 e. The van der Waals surface area contributed by atoms with Crippen molar-refractivity contribution in [1.29, 1.82) is 0 Å². The lowest BCUT2D eigenvalue weighted by Crippen LogP contribution is -2.56. The fourth-order valence-corrected chi connectivity index (χ4v) is 2.33. The van der Waals surface area contributed by atoms with Gasteiger partial charge in [-0.3, -0.25) is 4.68 Å². The van der Waals surface area contributed by atoms with Crippen LogP contribution in [0.3, 0.4) is 0 Å². The van der Waals surface area contributed by atoms with Gasteiger partial charge in [-0.15, -0.1) is 0 Å². The van der Waals surface area contributed by atoms with E-state index in [-0.39, 0.29) is 5.54 Å². The van der Waals surface area contributed by atoms with Crippen LogP contribution in [0.5, 0.6) is 0 Å². The second kappa shape index (κ2) is 7.95. The van der Waals surface area contributed by atoms with Crippen LogP contribution in [0.25, 0.3) is 0 Å². The van der Waals surface area contributed by atoms with Crippen molar-refractivity contribution in [1.82, 2.24) is 20.0 Å². The van der Waals surface area contributed by atoms with Crippen molar-refractivity contribution < 1.29 is 0 Å². The lowest BCUT2D eigenvalue weighted by molar-refractivity contribution is 0.136. The van der Waals surface area contributed by atoms with Gasteiger partial charge >= 0.3 is 0 Å². The molecule has 0 aliphatic heterocycles. The predicted octanol–water partition coefficient (Wildman–Crippen LogP) is 3.11. The summed E-state index contributed by atoms with van der Waals surface area (Å²) in [6.45, 7) is 12.3. The quantitative estimate of drug-likeness (QED) is 0.759. The van der Waals surface area contributed by atoms with E-state index < -0.39 is 0 Å². The van der Waals surface area contributed by atoms with Crippen LogP contribution in [0.15, 0.2) is 12.3 Å². The number of aromatic nitrogens is 2. The van der Waals surface area contributed by atoms with Crippen LogP contribution in [-0.4, -0.2) is 46.9 Å². The zero-order chi connectivity index (χ0) is 16.0. The summed E-state index contributed by atoms with van der Waals surface area (Å²) >= 11 is 0. The summed E-state index contributed by atoms with van der Waals surface area (Å²) in [6.07, 6.45) is 5.35. The highest BCUT2D eigenvalue weighted by Crippen LogP contribution is 2.20. The molecule has 2 unspecified atom stereocenters. The lowest BCUT2D eigenvalue weighted by Gasteiger charge is -2.40. The Bertz CT molecular complexity index is 409. The Labute approximate surface area is 130 Å². The Kier molecular flexibility index (Phi) is 6.88. The van der Waals surface area contributed by atoms with E-state index in [0.717, 1.165) is 25.8 Å². The maximum absolute atomic E-state index is 4.76. The van der Waals surface area contributed by atoms with Crippen molar-refractivity contribution in [2.45, 2.75) is 71.5 Å². The third-order valence-corrected chi connectivity index (χ3v) is 4.77. The van der Waals surface area contributed by atoms with Gasteiger partial charge in [0.05, 0.1) is 5.69 Å². The number of rotatable bonds is 9. The van der Waals surface area contributed by atoms with Gasteiger partial charge in [-0.2, -0.15) is 5.10 Å². The highest BCUT2D eigenvalue weighted by Gasteiger charge is 2.31. The van der Waals surface area contributed by atoms with E-state index in [2.05, 4.69) is 75.9 Å².